The predicted molar refractivity (Wildman–Crippen MR) is 136 cm³/mol. The summed E-state index contributed by atoms with van der Waals surface area (Å²) in [6.07, 6.45) is 2.42. The van der Waals surface area contributed by atoms with Crippen LogP contribution in [-0.2, 0) is 22.7 Å². The molecular formula is C25H22F2N6O4S. The molecule has 4 aromatic rings. The van der Waals surface area contributed by atoms with Crippen LogP contribution in [0.2, 0.25) is 0 Å². The zero-order chi connectivity index (χ0) is 27.2. The average molecular weight is 541 g/mol. The van der Waals surface area contributed by atoms with Crippen LogP contribution >= 0.6 is 0 Å². The highest BCUT2D eigenvalue weighted by molar-refractivity contribution is 7.98. The van der Waals surface area contributed by atoms with Gasteiger partial charge < -0.3 is 16.2 Å². The van der Waals surface area contributed by atoms with Crippen molar-refractivity contribution < 1.29 is 27.7 Å². The lowest BCUT2D eigenvalue weighted by Crippen LogP contribution is -2.30. The molecule has 2 heterocycles. The first-order chi connectivity index (χ1) is 18.0. The van der Waals surface area contributed by atoms with E-state index in [0.29, 0.717) is 24.0 Å². The van der Waals surface area contributed by atoms with Gasteiger partial charge in [-0.1, -0.05) is 12.1 Å². The molecule has 0 fully saturated rings. The van der Waals surface area contributed by atoms with E-state index in [-0.39, 0.29) is 34.2 Å². The minimum absolute atomic E-state index is 0.00571. The average Bonchev–Trinajstić information content (AvgIpc) is 3.51. The summed E-state index contributed by atoms with van der Waals surface area (Å²) in [5.41, 5.74) is 8.17. The molecule has 1 amide bonds. The van der Waals surface area contributed by atoms with Gasteiger partial charge in [-0.05, 0) is 53.6 Å². The molecule has 0 saturated carbocycles. The summed E-state index contributed by atoms with van der Waals surface area (Å²) < 4.78 is 44.9. The number of carbonyl (C=O) groups excluding carboxylic acids is 1. The van der Waals surface area contributed by atoms with Crippen LogP contribution in [0, 0.1) is 11.6 Å². The van der Waals surface area contributed by atoms with E-state index in [1.807, 2.05) is 0 Å². The Balaban J connectivity index is 1.42. The van der Waals surface area contributed by atoms with Crippen molar-refractivity contribution in [2.75, 3.05) is 5.73 Å². The monoisotopic (exact) mass is 540 g/mol. The first kappa shape index (κ1) is 25.3. The van der Waals surface area contributed by atoms with Crippen molar-refractivity contribution in [2.24, 2.45) is 0 Å². The largest absolute Gasteiger partial charge is 0.478 e. The van der Waals surface area contributed by atoms with Gasteiger partial charge in [-0.25, -0.2) is 32.0 Å². The SMILES string of the molecule is C=S(=O)(N[C@H]1CCc2c1ccc(C(=O)O)c2N)c1cc(C(=O)NCc2ccc(F)c(F)c2)nc2ccnn12. The van der Waals surface area contributed by atoms with E-state index in [1.54, 1.807) is 6.07 Å². The fraction of sp³-hybridized carbons (Fsp3) is 0.160. The van der Waals surface area contributed by atoms with Crippen LogP contribution in [0.4, 0.5) is 14.5 Å². The van der Waals surface area contributed by atoms with Gasteiger partial charge in [-0.3, -0.25) is 4.79 Å². The van der Waals surface area contributed by atoms with Crippen molar-refractivity contribution in [1.29, 1.82) is 0 Å². The van der Waals surface area contributed by atoms with E-state index >= 15 is 0 Å². The van der Waals surface area contributed by atoms with E-state index in [1.165, 1.54) is 35.0 Å². The van der Waals surface area contributed by atoms with Crippen molar-refractivity contribution in [1.82, 2.24) is 24.6 Å². The van der Waals surface area contributed by atoms with Crippen molar-refractivity contribution >= 4 is 38.8 Å². The van der Waals surface area contributed by atoms with Crippen molar-refractivity contribution in [2.45, 2.75) is 30.5 Å². The first-order valence-electron chi connectivity index (χ1n) is 11.4. The lowest BCUT2D eigenvalue weighted by molar-refractivity contribution is 0.0697. The van der Waals surface area contributed by atoms with Crippen LogP contribution in [0.5, 0.6) is 0 Å². The molecule has 1 aliphatic carbocycles. The number of hydrogen-bond acceptors (Lipinski definition) is 6. The molecule has 2 atom stereocenters. The highest BCUT2D eigenvalue weighted by Gasteiger charge is 2.30. The number of nitrogens with two attached hydrogens (primary N) is 1. The van der Waals surface area contributed by atoms with E-state index in [2.05, 4.69) is 26.0 Å². The van der Waals surface area contributed by atoms with Crippen LogP contribution < -0.4 is 15.8 Å². The third kappa shape index (κ3) is 4.57. The van der Waals surface area contributed by atoms with Crippen LogP contribution in [-0.4, -0.2) is 41.7 Å². The zero-order valence-corrected chi connectivity index (χ0v) is 20.6. The maximum Gasteiger partial charge on any atom is 0.337 e. The molecule has 0 spiro atoms. The number of rotatable bonds is 7. The summed E-state index contributed by atoms with van der Waals surface area (Å²) in [4.78, 5) is 28.6. The number of fused-ring (bicyclic) bond motifs is 2. The number of carboxylic acid groups (broad SMARTS) is 1. The summed E-state index contributed by atoms with van der Waals surface area (Å²) >= 11 is 0. The summed E-state index contributed by atoms with van der Waals surface area (Å²) in [5, 5.41) is 16.2. The molecule has 1 unspecified atom stereocenters. The number of nitrogens with one attached hydrogen (secondary N) is 2. The Bertz CT molecular complexity index is 1720. The molecule has 0 aliphatic heterocycles. The molecule has 0 radical (unpaired) electrons. The smallest absolute Gasteiger partial charge is 0.337 e. The minimum Gasteiger partial charge on any atom is -0.478 e. The first-order valence-corrected chi connectivity index (χ1v) is 13.1. The van der Waals surface area contributed by atoms with Gasteiger partial charge in [-0.2, -0.15) is 5.10 Å². The standard InChI is InChI=1S/C25H22F2N6O4S/c1-38(37,32-19-7-5-15-14(19)3-4-16(23(15)28)25(35)36)22-11-20(31-21-8-9-30-33(21)22)24(34)29-12-13-2-6-17(26)18(27)10-13/h2-4,6,8-11,19H,1,5,7,12,28H2,(H,29,34)(H,32,37)(H,35,36)/t19-,38?/m0/s1. The number of halogens is 2. The molecular weight excluding hydrogens is 518 g/mol. The molecule has 13 heteroatoms. The maximum absolute atomic E-state index is 13.9. The second-order valence-electron chi connectivity index (χ2n) is 8.80. The fourth-order valence-corrected chi connectivity index (χ4v) is 6.04. The molecule has 5 rings (SSSR count). The fourth-order valence-electron chi connectivity index (χ4n) is 4.49. The molecule has 1 aliphatic rings. The number of hydrogen-bond donors (Lipinski definition) is 4. The number of amides is 1. The van der Waals surface area contributed by atoms with Crippen LogP contribution in [0.3, 0.4) is 0 Å². The third-order valence-electron chi connectivity index (χ3n) is 6.35. The van der Waals surface area contributed by atoms with Gasteiger partial charge in [-0.15, -0.1) is 0 Å². The molecule has 0 saturated heterocycles. The molecule has 10 nitrogen and oxygen atoms in total. The number of nitrogen functional groups attached to an aromatic ring is 1. The van der Waals surface area contributed by atoms with Crippen LogP contribution in [0.25, 0.3) is 5.65 Å². The second-order valence-corrected chi connectivity index (χ2v) is 10.8. The van der Waals surface area contributed by atoms with Crippen molar-refractivity contribution in [3.05, 3.63) is 88.2 Å². The molecule has 38 heavy (non-hydrogen) atoms. The van der Waals surface area contributed by atoms with E-state index in [9.17, 15) is 27.7 Å². The molecule has 196 valence electrons. The Labute approximate surface area is 215 Å². The number of aromatic carboxylic acids is 1. The van der Waals surface area contributed by atoms with Crippen molar-refractivity contribution in [3.63, 3.8) is 0 Å². The Morgan fingerprint density at radius 2 is 1.97 bits per heavy atom. The van der Waals surface area contributed by atoms with Gasteiger partial charge in [0.25, 0.3) is 5.91 Å². The number of anilines is 1. The lowest BCUT2D eigenvalue weighted by atomic mass is 10.0. The van der Waals surface area contributed by atoms with Gasteiger partial charge in [0.1, 0.15) is 10.7 Å². The number of benzene rings is 2. The van der Waals surface area contributed by atoms with Crippen molar-refractivity contribution in [3.8, 4) is 0 Å². The second kappa shape index (κ2) is 9.50. The van der Waals surface area contributed by atoms with Gasteiger partial charge >= 0.3 is 5.97 Å². The molecule has 2 aromatic heterocycles. The quantitative estimate of drug-likeness (QED) is 0.160. The van der Waals surface area contributed by atoms with Gasteiger partial charge in [0.15, 0.2) is 17.3 Å². The number of carboxylic acids is 1. The lowest BCUT2D eigenvalue weighted by Gasteiger charge is -2.20. The van der Waals surface area contributed by atoms with E-state index < -0.39 is 39.3 Å². The third-order valence-corrected chi connectivity index (χ3v) is 7.98. The Morgan fingerprint density at radius 3 is 2.71 bits per heavy atom. The Kier molecular flexibility index (Phi) is 6.33. The summed E-state index contributed by atoms with van der Waals surface area (Å²) in [7, 11) is -3.27. The van der Waals surface area contributed by atoms with Crippen LogP contribution in [0.15, 0.2) is 53.7 Å². The molecule has 0 bridgehead atoms. The number of carbonyl (C=O) groups is 2. The zero-order valence-electron chi connectivity index (χ0n) is 19.8. The Hall–Kier alpha value is -4.36. The van der Waals surface area contributed by atoms with E-state index in [4.69, 9.17) is 5.73 Å². The molecule has 2 aromatic carbocycles. The summed E-state index contributed by atoms with van der Waals surface area (Å²) in [6.45, 7) is -0.0892. The topological polar surface area (TPSA) is 152 Å². The highest BCUT2D eigenvalue weighted by atomic mass is 32.2. The Morgan fingerprint density at radius 1 is 1.18 bits per heavy atom. The predicted octanol–water partition coefficient (Wildman–Crippen LogP) is 2.49. The van der Waals surface area contributed by atoms with Gasteiger partial charge in [0.2, 0.25) is 0 Å². The van der Waals surface area contributed by atoms with Crippen LogP contribution in [0.1, 0.15) is 50.0 Å². The molecule has 5 N–H and O–H groups in total. The normalized spacial score (nSPS) is 16.2. The summed E-state index contributed by atoms with van der Waals surface area (Å²) in [6, 6.07) is 8.74. The maximum atomic E-state index is 13.9. The highest BCUT2D eigenvalue weighted by Crippen LogP contribution is 2.37. The minimum atomic E-state index is -3.27. The van der Waals surface area contributed by atoms with E-state index in [0.717, 1.165) is 17.7 Å². The van der Waals surface area contributed by atoms with Gasteiger partial charge in [0, 0.05) is 30.4 Å². The van der Waals surface area contributed by atoms with Gasteiger partial charge in [0.05, 0.1) is 21.5 Å². The summed E-state index contributed by atoms with van der Waals surface area (Å²) in [5.74, 6) is 0.0945. The number of nitrogens with zero attached hydrogens (tertiary/aromatic N) is 3. The number of aromatic nitrogens is 3.